The molecule has 4 rings (SSSR count). The van der Waals surface area contributed by atoms with Crippen LogP contribution in [0.4, 0.5) is 0 Å². The molecule has 0 amide bonds. The average Bonchev–Trinajstić information content (AvgIpc) is 2.86. The van der Waals surface area contributed by atoms with Crippen molar-refractivity contribution in [3.63, 3.8) is 0 Å². The van der Waals surface area contributed by atoms with Gasteiger partial charge in [-0.05, 0) is 32.1 Å². The highest BCUT2D eigenvalue weighted by atomic mass is 16.7. The zero-order valence-electron chi connectivity index (χ0n) is 23.9. The molecule has 2 aliphatic heterocycles. The van der Waals surface area contributed by atoms with Gasteiger partial charge < -0.3 is 49.6 Å². The second-order valence-electron chi connectivity index (χ2n) is 13.2. The minimum absolute atomic E-state index is 0.238. The van der Waals surface area contributed by atoms with Crippen LogP contribution in [0.1, 0.15) is 60.8 Å². The van der Waals surface area contributed by atoms with Crippen molar-refractivity contribution in [2.24, 2.45) is 16.7 Å². The van der Waals surface area contributed by atoms with Gasteiger partial charge in [-0.25, -0.2) is 0 Å². The Morgan fingerprint density at radius 2 is 1.73 bits per heavy atom. The maximum Gasteiger partial charge on any atom is 0.303 e. The van der Waals surface area contributed by atoms with E-state index in [-0.39, 0.29) is 12.8 Å². The number of carbonyl (C=O) groups is 2. The standard InChI is InChI=1S/C28H44O12/c1-8-25(5)11-15(31)28(36)26(6)16(39-23-19(34)18(33)17(32)14(12-29)38-23)9-10-24(3,4)21(26)20(37-13(2)30)22(35)27(28,7)40-25/h8,14,16-23,29,32-36H,1,9-12H2,2-7H3. The van der Waals surface area contributed by atoms with Crippen LogP contribution in [0.3, 0.4) is 0 Å². The predicted octanol–water partition coefficient (Wildman–Crippen LogP) is -0.656. The summed E-state index contributed by atoms with van der Waals surface area (Å²) in [6.45, 7) is 12.7. The van der Waals surface area contributed by atoms with Crippen LogP contribution < -0.4 is 0 Å². The highest BCUT2D eigenvalue weighted by Gasteiger charge is 2.81. The zero-order valence-corrected chi connectivity index (χ0v) is 23.9. The fraction of sp³-hybridized carbons (Fsp3) is 0.857. The number of carbonyl (C=O) groups excluding carboxylic acids is 2. The lowest BCUT2D eigenvalue weighted by atomic mass is 9.39. The molecule has 2 aliphatic carbocycles. The van der Waals surface area contributed by atoms with Gasteiger partial charge in [0, 0.05) is 24.7 Å². The summed E-state index contributed by atoms with van der Waals surface area (Å²) in [6, 6.07) is 0. The molecule has 13 atom stereocenters. The Morgan fingerprint density at radius 1 is 1.10 bits per heavy atom. The van der Waals surface area contributed by atoms with Crippen molar-refractivity contribution in [3.05, 3.63) is 12.7 Å². The number of aliphatic hydroxyl groups is 6. The smallest absolute Gasteiger partial charge is 0.303 e. The van der Waals surface area contributed by atoms with Gasteiger partial charge in [-0.15, -0.1) is 6.58 Å². The quantitative estimate of drug-likeness (QED) is 0.180. The van der Waals surface area contributed by atoms with Gasteiger partial charge in [0.25, 0.3) is 0 Å². The predicted molar refractivity (Wildman–Crippen MR) is 137 cm³/mol. The second kappa shape index (κ2) is 10.1. The Labute approximate surface area is 233 Å². The number of esters is 1. The summed E-state index contributed by atoms with van der Waals surface area (Å²) in [4.78, 5) is 26.5. The molecule has 4 fully saturated rings. The number of fused-ring (bicyclic) bond motifs is 3. The maximum atomic E-state index is 14.1. The summed E-state index contributed by atoms with van der Waals surface area (Å²) in [7, 11) is 0. The molecule has 12 nitrogen and oxygen atoms in total. The fourth-order valence-corrected chi connectivity index (χ4v) is 8.13. The van der Waals surface area contributed by atoms with E-state index in [0.717, 1.165) is 0 Å². The summed E-state index contributed by atoms with van der Waals surface area (Å²) >= 11 is 0. The van der Waals surface area contributed by atoms with E-state index in [9.17, 15) is 40.2 Å². The number of hydrogen-bond donors (Lipinski definition) is 6. The summed E-state index contributed by atoms with van der Waals surface area (Å²) in [6.07, 6.45) is -9.92. The Bertz CT molecular complexity index is 1030. The van der Waals surface area contributed by atoms with E-state index >= 15 is 0 Å². The van der Waals surface area contributed by atoms with Crippen LogP contribution in [0.2, 0.25) is 0 Å². The molecule has 12 heteroatoms. The van der Waals surface area contributed by atoms with Crippen molar-refractivity contribution in [1.82, 2.24) is 0 Å². The van der Waals surface area contributed by atoms with Gasteiger partial charge in [-0.2, -0.15) is 0 Å². The molecule has 0 aromatic heterocycles. The van der Waals surface area contributed by atoms with E-state index in [2.05, 4.69) is 6.58 Å². The minimum atomic E-state index is -2.39. The van der Waals surface area contributed by atoms with Crippen LogP contribution in [0.15, 0.2) is 12.7 Å². The lowest BCUT2D eigenvalue weighted by molar-refractivity contribution is -0.390. The number of aliphatic hydroxyl groups excluding tert-OH is 5. The first-order valence-electron chi connectivity index (χ1n) is 13.8. The van der Waals surface area contributed by atoms with Gasteiger partial charge >= 0.3 is 5.97 Å². The molecular formula is C28H44O12. The first kappa shape index (κ1) is 31.5. The van der Waals surface area contributed by atoms with Gasteiger partial charge in [0.15, 0.2) is 17.7 Å². The molecule has 13 unspecified atom stereocenters. The van der Waals surface area contributed by atoms with Gasteiger partial charge in [0.2, 0.25) is 0 Å². The summed E-state index contributed by atoms with van der Waals surface area (Å²) in [5, 5.41) is 65.5. The van der Waals surface area contributed by atoms with E-state index in [1.165, 1.54) is 19.9 Å². The summed E-state index contributed by atoms with van der Waals surface area (Å²) in [5.74, 6) is -2.17. The molecule has 6 N–H and O–H groups in total. The Balaban J connectivity index is 1.90. The molecule has 0 aromatic rings. The minimum Gasteiger partial charge on any atom is -0.459 e. The van der Waals surface area contributed by atoms with E-state index in [1.54, 1.807) is 13.8 Å². The van der Waals surface area contributed by atoms with Crippen molar-refractivity contribution < 1.29 is 59.2 Å². The molecule has 0 radical (unpaired) electrons. The maximum absolute atomic E-state index is 14.1. The van der Waals surface area contributed by atoms with Crippen LogP contribution in [-0.2, 0) is 28.5 Å². The van der Waals surface area contributed by atoms with E-state index in [4.69, 9.17) is 18.9 Å². The van der Waals surface area contributed by atoms with E-state index in [1.807, 2.05) is 13.8 Å². The number of ketones is 1. The average molecular weight is 573 g/mol. The second-order valence-corrected chi connectivity index (χ2v) is 13.2. The summed E-state index contributed by atoms with van der Waals surface area (Å²) in [5.41, 5.74) is -7.95. The molecule has 2 heterocycles. The third kappa shape index (κ3) is 4.22. The van der Waals surface area contributed by atoms with Crippen LogP contribution >= 0.6 is 0 Å². The van der Waals surface area contributed by atoms with Crippen molar-refractivity contribution in [2.45, 2.75) is 127 Å². The van der Waals surface area contributed by atoms with Crippen molar-refractivity contribution in [3.8, 4) is 0 Å². The molecule has 0 aromatic carbocycles. The van der Waals surface area contributed by atoms with Crippen LogP contribution in [0.5, 0.6) is 0 Å². The molecule has 0 bridgehead atoms. The molecule has 0 spiro atoms. The van der Waals surface area contributed by atoms with Gasteiger partial charge in [-0.1, -0.05) is 26.8 Å². The molecule has 40 heavy (non-hydrogen) atoms. The number of hydrogen-bond acceptors (Lipinski definition) is 12. The zero-order chi connectivity index (χ0) is 30.2. The third-order valence-corrected chi connectivity index (χ3v) is 10.2. The number of Topliss-reactive ketones (excluding diaryl/α,β-unsaturated/α-hetero) is 1. The molecular weight excluding hydrogens is 528 g/mol. The lowest BCUT2D eigenvalue weighted by Gasteiger charge is -2.71. The molecule has 2 saturated carbocycles. The SMILES string of the molecule is C=CC1(C)CC(=O)C2(O)C(C)(O1)C(O)C(OC(C)=O)C1C(C)(C)CCC(OC3OC(CO)C(O)C(O)C3O)C12C. The van der Waals surface area contributed by atoms with Gasteiger partial charge in [0.1, 0.15) is 42.2 Å². The van der Waals surface area contributed by atoms with E-state index < -0.39 is 101 Å². The van der Waals surface area contributed by atoms with Crippen LogP contribution in [0.25, 0.3) is 0 Å². The molecule has 2 saturated heterocycles. The lowest BCUT2D eigenvalue weighted by Crippen LogP contribution is -2.87. The van der Waals surface area contributed by atoms with Crippen molar-refractivity contribution in [1.29, 1.82) is 0 Å². The Hall–Kier alpha value is -1.48. The van der Waals surface area contributed by atoms with Crippen LogP contribution in [-0.4, -0.2) is 115 Å². The summed E-state index contributed by atoms with van der Waals surface area (Å²) < 4.78 is 24.0. The first-order valence-corrected chi connectivity index (χ1v) is 13.8. The topological polar surface area (TPSA) is 192 Å². The van der Waals surface area contributed by atoms with Gasteiger partial charge in [-0.3, -0.25) is 9.59 Å². The Kier molecular flexibility index (Phi) is 7.91. The highest BCUT2D eigenvalue weighted by Crippen LogP contribution is 2.67. The third-order valence-electron chi connectivity index (χ3n) is 10.2. The molecule has 4 aliphatic rings. The number of ether oxygens (including phenoxy) is 4. The normalized spacial score (nSPS) is 52.3. The van der Waals surface area contributed by atoms with Crippen LogP contribution in [0, 0.1) is 16.7 Å². The monoisotopic (exact) mass is 572 g/mol. The Morgan fingerprint density at radius 3 is 2.27 bits per heavy atom. The van der Waals surface area contributed by atoms with E-state index in [0.29, 0.717) is 6.42 Å². The first-order chi connectivity index (χ1) is 18.3. The van der Waals surface area contributed by atoms with Gasteiger partial charge in [0.05, 0.1) is 18.3 Å². The highest BCUT2D eigenvalue weighted by molar-refractivity contribution is 5.92. The van der Waals surface area contributed by atoms with Crippen molar-refractivity contribution >= 4 is 11.8 Å². The largest absolute Gasteiger partial charge is 0.459 e. The number of rotatable bonds is 5. The molecule has 228 valence electrons. The fourth-order valence-electron chi connectivity index (χ4n) is 8.13. The van der Waals surface area contributed by atoms with Crippen molar-refractivity contribution in [2.75, 3.05) is 6.61 Å².